The Bertz CT molecular complexity index is 698. The van der Waals surface area contributed by atoms with E-state index in [9.17, 15) is 13.2 Å². The van der Waals surface area contributed by atoms with Gasteiger partial charge in [-0.05, 0) is 31.9 Å². The second-order valence-electron chi connectivity index (χ2n) is 5.69. The lowest BCUT2D eigenvalue weighted by Crippen LogP contribution is -2.46. The fourth-order valence-corrected chi connectivity index (χ4v) is 3.59. The first-order chi connectivity index (χ1) is 11.8. The summed E-state index contributed by atoms with van der Waals surface area (Å²) in [5, 5.41) is 1.09. The van der Waals surface area contributed by atoms with Gasteiger partial charge in [-0.3, -0.25) is 9.63 Å². The van der Waals surface area contributed by atoms with Crippen LogP contribution in [-0.2, 0) is 19.7 Å². The molecule has 6 nitrogen and oxygen atoms in total. The van der Waals surface area contributed by atoms with Gasteiger partial charge in [0.1, 0.15) is 0 Å². The van der Waals surface area contributed by atoms with E-state index >= 15 is 0 Å². The molecule has 0 spiro atoms. The first-order valence-electron chi connectivity index (χ1n) is 7.91. The van der Waals surface area contributed by atoms with Crippen molar-refractivity contribution < 1.29 is 18.0 Å². The van der Waals surface area contributed by atoms with Crippen LogP contribution in [0.25, 0.3) is 0 Å². The number of nitrogens with one attached hydrogen (secondary N) is 1. The summed E-state index contributed by atoms with van der Waals surface area (Å²) in [6.45, 7) is 9.21. The van der Waals surface area contributed by atoms with Crippen LogP contribution in [0, 0.1) is 12.8 Å². The van der Waals surface area contributed by atoms with Gasteiger partial charge in [0.15, 0.2) is 0 Å². The van der Waals surface area contributed by atoms with Crippen LogP contribution in [0.1, 0.15) is 18.4 Å². The SMILES string of the molecule is C=CCC[C@@H](C(=O)N(C)OC)[C@H](C=C)NS(=O)(=O)c1ccc(C)cc1. The molecule has 0 unspecified atom stereocenters. The monoisotopic (exact) mass is 366 g/mol. The molecular formula is C18H26N2O4S. The van der Waals surface area contributed by atoms with Gasteiger partial charge in [0, 0.05) is 7.05 Å². The summed E-state index contributed by atoms with van der Waals surface area (Å²) in [7, 11) is -0.922. The fourth-order valence-electron chi connectivity index (χ4n) is 2.34. The third-order valence-corrected chi connectivity index (χ3v) is 5.37. The van der Waals surface area contributed by atoms with E-state index in [1.807, 2.05) is 6.92 Å². The zero-order chi connectivity index (χ0) is 19.0. The van der Waals surface area contributed by atoms with Gasteiger partial charge >= 0.3 is 0 Å². The molecule has 0 aliphatic rings. The average Bonchev–Trinajstić information content (AvgIpc) is 2.60. The first-order valence-corrected chi connectivity index (χ1v) is 9.39. The number of hydrogen-bond donors (Lipinski definition) is 1. The summed E-state index contributed by atoms with van der Waals surface area (Å²) in [4.78, 5) is 17.6. The van der Waals surface area contributed by atoms with Gasteiger partial charge in [-0.2, -0.15) is 0 Å². The van der Waals surface area contributed by atoms with Gasteiger partial charge in [0.25, 0.3) is 5.91 Å². The highest BCUT2D eigenvalue weighted by Crippen LogP contribution is 2.19. The lowest BCUT2D eigenvalue weighted by atomic mass is 9.94. The van der Waals surface area contributed by atoms with E-state index in [0.29, 0.717) is 12.8 Å². The van der Waals surface area contributed by atoms with Crippen LogP contribution in [-0.4, -0.2) is 39.6 Å². The van der Waals surface area contributed by atoms with Crippen LogP contribution < -0.4 is 4.72 Å². The number of allylic oxidation sites excluding steroid dienone is 1. The van der Waals surface area contributed by atoms with E-state index in [1.54, 1.807) is 18.2 Å². The van der Waals surface area contributed by atoms with Crippen molar-refractivity contribution in [2.45, 2.75) is 30.7 Å². The molecule has 7 heteroatoms. The molecular weight excluding hydrogens is 340 g/mol. The summed E-state index contributed by atoms with van der Waals surface area (Å²) >= 11 is 0. The molecule has 1 aromatic rings. The standard InChI is InChI=1S/C18H26N2O4S/c1-6-8-9-16(18(21)20(4)24-5)17(7-2)19-25(22,23)15-12-10-14(3)11-13-15/h6-7,10-13,16-17,19H,1-2,8-9H2,3-5H3/t16-,17+/m1/s1. The normalized spacial score (nSPS) is 13.7. The van der Waals surface area contributed by atoms with Gasteiger partial charge in [0.2, 0.25) is 10.0 Å². The molecule has 0 aromatic heterocycles. The van der Waals surface area contributed by atoms with E-state index < -0.39 is 22.0 Å². The van der Waals surface area contributed by atoms with E-state index in [0.717, 1.165) is 10.6 Å². The molecule has 0 saturated heterocycles. The third kappa shape index (κ3) is 5.81. The van der Waals surface area contributed by atoms with Gasteiger partial charge in [-0.1, -0.05) is 29.8 Å². The Labute approximate surface area is 150 Å². The molecule has 25 heavy (non-hydrogen) atoms. The maximum absolute atomic E-state index is 12.6. The summed E-state index contributed by atoms with van der Waals surface area (Å²) in [5.74, 6) is -0.985. The molecule has 0 aliphatic carbocycles. The predicted molar refractivity (Wildman–Crippen MR) is 98.2 cm³/mol. The minimum atomic E-state index is -3.78. The molecule has 2 atom stereocenters. The number of carbonyl (C=O) groups is 1. The molecule has 0 saturated carbocycles. The van der Waals surface area contributed by atoms with Crippen LogP contribution in [0.4, 0.5) is 0 Å². The molecule has 1 rings (SSSR count). The molecule has 0 bridgehead atoms. The highest BCUT2D eigenvalue weighted by atomic mass is 32.2. The largest absolute Gasteiger partial charge is 0.275 e. The van der Waals surface area contributed by atoms with Gasteiger partial charge in [-0.25, -0.2) is 18.2 Å². The van der Waals surface area contributed by atoms with E-state index in [1.165, 1.54) is 32.4 Å². The smallest absolute Gasteiger partial charge is 0.250 e. The second-order valence-corrected chi connectivity index (χ2v) is 7.40. The zero-order valence-corrected chi connectivity index (χ0v) is 15.8. The van der Waals surface area contributed by atoms with Gasteiger partial charge in [0.05, 0.1) is 24.0 Å². The minimum Gasteiger partial charge on any atom is -0.275 e. The van der Waals surface area contributed by atoms with Crippen molar-refractivity contribution in [3.05, 3.63) is 55.1 Å². The minimum absolute atomic E-state index is 0.139. The van der Waals surface area contributed by atoms with Crippen molar-refractivity contribution in [3.63, 3.8) is 0 Å². The quantitative estimate of drug-likeness (QED) is 0.510. The highest BCUT2D eigenvalue weighted by Gasteiger charge is 2.31. The average molecular weight is 366 g/mol. The highest BCUT2D eigenvalue weighted by molar-refractivity contribution is 7.89. The Hall–Kier alpha value is -1.96. The molecule has 138 valence electrons. The van der Waals surface area contributed by atoms with Crippen molar-refractivity contribution in [1.29, 1.82) is 0 Å². The Morgan fingerprint density at radius 3 is 2.40 bits per heavy atom. The lowest BCUT2D eigenvalue weighted by molar-refractivity contribution is -0.174. The number of hydrogen-bond acceptors (Lipinski definition) is 4. The van der Waals surface area contributed by atoms with Crippen LogP contribution in [0.15, 0.2) is 54.5 Å². The fraction of sp³-hybridized carbons (Fsp3) is 0.389. The van der Waals surface area contributed by atoms with Crippen molar-refractivity contribution in [1.82, 2.24) is 9.79 Å². The summed E-state index contributed by atoms with van der Waals surface area (Å²) in [5.41, 5.74) is 0.958. The third-order valence-electron chi connectivity index (χ3n) is 3.89. The summed E-state index contributed by atoms with van der Waals surface area (Å²) in [6, 6.07) is 5.73. The zero-order valence-electron chi connectivity index (χ0n) is 14.9. The maximum atomic E-state index is 12.6. The molecule has 0 fully saturated rings. The molecule has 1 aromatic carbocycles. The molecule has 0 radical (unpaired) electrons. The van der Waals surface area contributed by atoms with Crippen molar-refractivity contribution in [2.24, 2.45) is 5.92 Å². The maximum Gasteiger partial charge on any atom is 0.250 e. The number of amides is 1. The molecule has 1 amide bonds. The number of hydroxylamine groups is 2. The number of aryl methyl sites for hydroxylation is 1. The van der Waals surface area contributed by atoms with Crippen molar-refractivity contribution in [3.8, 4) is 0 Å². The van der Waals surface area contributed by atoms with Crippen LogP contribution >= 0.6 is 0 Å². The Morgan fingerprint density at radius 2 is 1.92 bits per heavy atom. The number of carbonyl (C=O) groups excluding carboxylic acids is 1. The number of nitrogens with zero attached hydrogens (tertiary/aromatic N) is 1. The first kappa shape index (κ1) is 21.1. The number of rotatable bonds is 10. The topological polar surface area (TPSA) is 75.7 Å². The van der Waals surface area contributed by atoms with E-state index in [2.05, 4.69) is 17.9 Å². The van der Waals surface area contributed by atoms with Gasteiger partial charge in [-0.15, -0.1) is 13.2 Å². The Balaban J connectivity index is 3.09. The molecule has 0 aliphatic heterocycles. The number of benzene rings is 1. The van der Waals surface area contributed by atoms with E-state index in [4.69, 9.17) is 4.84 Å². The van der Waals surface area contributed by atoms with E-state index in [-0.39, 0.29) is 10.8 Å². The predicted octanol–water partition coefficient (Wildman–Crippen LogP) is 2.43. The van der Waals surface area contributed by atoms with Crippen LogP contribution in [0.5, 0.6) is 0 Å². The van der Waals surface area contributed by atoms with Crippen LogP contribution in [0.2, 0.25) is 0 Å². The van der Waals surface area contributed by atoms with Gasteiger partial charge < -0.3 is 0 Å². The number of sulfonamides is 1. The second kappa shape index (κ2) is 9.50. The molecule has 0 heterocycles. The summed E-state index contributed by atoms with van der Waals surface area (Å²) < 4.78 is 27.8. The van der Waals surface area contributed by atoms with Crippen molar-refractivity contribution in [2.75, 3.05) is 14.2 Å². The Morgan fingerprint density at radius 1 is 1.32 bits per heavy atom. The van der Waals surface area contributed by atoms with Crippen LogP contribution in [0.3, 0.4) is 0 Å². The summed E-state index contributed by atoms with van der Waals surface area (Å²) in [6.07, 6.45) is 4.09. The Kier molecular flexibility index (Phi) is 8.02. The molecule has 1 N–H and O–H groups in total. The van der Waals surface area contributed by atoms with Crippen molar-refractivity contribution >= 4 is 15.9 Å². The lowest BCUT2D eigenvalue weighted by Gasteiger charge is -2.27.